The van der Waals surface area contributed by atoms with Crippen molar-refractivity contribution in [3.05, 3.63) is 42.1 Å². The number of ether oxygens (including phenoxy) is 1. The van der Waals surface area contributed by atoms with Crippen LogP contribution in [0.15, 0.2) is 30.5 Å². The van der Waals surface area contributed by atoms with Crippen molar-refractivity contribution in [3.63, 3.8) is 0 Å². The molecule has 2 atom stereocenters. The number of imidazole rings is 1. The van der Waals surface area contributed by atoms with Crippen LogP contribution in [0.1, 0.15) is 46.0 Å². The van der Waals surface area contributed by atoms with Gasteiger partial charge in [0.05, 0.1) is 24.4 Å². The highest BCUT2D eigenvalue weighted by Gasteiger charge is 2.28. The van der Waals surface area contributed by atoms with E-state index in [1.165, 1.54) is 12.3 Å². The van der Waals surface area contributed by atoms with Crippen molar-refractivity contribution in [2.45, 2.75) is 51.8 Å². The number of H-pyrrole nitrogens is 1. The number of benzene rings is 1. The van der Waals surface area contributed by atoms with E-state index in [2.05, 4.69) is 20.6 Å². The number of aromatic amines is 1. The zero-order chi connectivity index (χ0) is 22.5. The first-order chi connectivity index (χ1) is 14.0. The lowest BCUT2D eigenvalue weighted by Crippen LogP contribution is -2.49. The molecule has 2 rings (SSSR count). The third-order valence-electron chi connectivity index (χ3n) is 3.91. The van der Waals surface area contributed by atoms with Gasteiger partial charge in [-0.15, -0.1) is 0 Å². The number of carboxylic acids is 1. The summed E-state index contributed by atoms with van der Waals surface area (Å²) in [6, 6.07) is 4.15. The van der Waals surface area contributed by atoms with Gasteiger partial charge in [0.1, 0.15) is 23.3 Å². The van der Waals surface area contributed by atoms with Gasteiger partial charge in [0.15, 0.2) is 0 Å². The summed E-state index contributed by atoms with van der Waals surface area (Å²) in [7, 11) is 0. The van der Waals surface area contributed by atoms with Crippen molar-refractivity contribution in [3.8, 4) is 11.3 Å². The number of hydrogen-bond donors (Lipinski definition) is 4. The predicted octanol–water partition coefficient (Wildman–Crippen LogP) is 2.76. The maximum absolute atomic E-state index is 13.9. The summed E-state index contributed by atoms with van der Waals surface area (Å²) in [4.78, 5) is 42.7. The molecule has 0 aliphatic carbocycles. The Bertz CT molecular complexity index is 922. The Morgan fingerprint density at radius 3 is 2.50 bits per heavy atom. The summed E-state index contributed by atoms with van der Waals surface area (Å²) in [5.74, 6) is -2.07. The first kappa shape index (κ1) is 22.9. The van der Waals surface area contributed by atoms with Gasteiger partial charge >= 0.3 is 12.1 Å². The summed E-state index contributed by atoms with van der Waals surface area (Å²) in [5.41, 5.74) is -0.0536. The second kappa shape index (κ2) is 9.38. The Balaban J connectivity index is 2.08. The molecule has 0 fully saturated rings. The number of nitrogens with one attached hydrogen (secondary N) is 3. The van der Waals surface area contributed by atoms with Gasteiger partial charge in [-0.25, -0.2) is 14.2 Å². The van der Waals surface area contributed by atoms with Crippen molar-refractivity contribution in [1.29, 1.82) is 0 Å². The minimum atomic E-state index is -1.35. The lowest BCUT2D eigenvalue weighted by molar-refractivity contribution is -0.140. The van der Waals surface area contributed by atoms with Gasteiger partial charge in [0.2, 0.25) is 5.91 Å². The number of aromatic nitrogens is 2. The summed E-state index contributed by atoms with van der Waals surface area (Å²) < 4.78 is 19.0. The van der Waals surface area contributed by atoms with E-state index in [1.54, 1.807) is 45.9 Å². The molecule has 0 aliphatic heterocycles. The van der Waals surface area contributed by atoms with E-state index in [0.29, 0.717) is 17.1 Å². The van der Waals surface area contributed by atoms with Crippen LogP contribution in [-0.2, 0) is 14.3 Å². The van der Waals surface area contributed by atoms with E-state index in [9.17, 15) is 18.8 Å². The van der Waals surface area contributed by atoms with Crippen molar-refractivity contribution in [1.82, 2.24) is 20.6 Å². The Morgan fingerprint density at radius 1 is 1.23 bits per heavy atom. The normalized spacial score (nSPS) is 13.2. The molecule has 0 radical (unpaired) electrons. The highest BCUT2D eigenvalue weighted by Crippen LogP contribution is 2.22. The van der Waals surface area contributed by atoms with Crippen LogP contribution in [0.25, 0.3) is 11.3 Å². The lowest BCUT2D eigenvalue weighted by Gasteiger charge is -2.23. The minimum Gasteiger partial charge on any atom is -0.481 e. The fourth-order valence-corrected chi connectivity index (χ4v) is 2.59. The Labute approximate surface area is 173 Å². The van der Waals surface area contributed by atoms with Crippen LogP contribution in [0, 0.1) is 5.82 Å². The molecule has 1 heterocycles. The molecule has 30 heavy (non-hydrogen) atoms. The van der Waals surface area contributed by atoms with E-state index in [0.717, 1.165) is 0 Å². The van der Waals surface area contributed by atoms with Gasteiger partial charge in [-0.2, -0.15) is 0 Å². The zero-order valence-electron chi connectivity index (χ0n) is 17.2. The SMILES string of the molecule is C[C@H](NC(=O)[C@H](CC(=O)O)NC(=O)OC(C)(C)C)c1ncc(-c2ccccc2F)[nH]1. The fourth-order valence-electron chi connectivity index (χ4n) is 2.59. The molecule has 9 nitrogen and oxygen atoms in total. The van der Waals surface area contributed by atoms with Gasteiger partial charge in [-0.05, 0) is 39.8 Å². The van der Waals surface area contributed by atoms with Gasteiger partial charge in [0.25, 0.3) is 0 Å². The van der Waals surface area contributed by atoms with Crippen LogP contribution in [0.4, 0.5) is 9.18 Å². The van der Waals surface area contributed by atoms with Crippen LogP contribution in [0.5, 0.6) is 0 Å². The van der Waals surface area contributed by atoms with E-state index >= 15 is 0 Å². The van der Waals surface area contributed by atoms with Gasteiger partial charge in [0, 0.05) is 5.56 Å². The number of carbonyl (C=O) groups is 3. The van der Waals surface area contributed by atoms with Gasteiger partial charge in [-0.3, -0.25) is 9.59 Å². The van der Waals surface area contributed by atoms with E-state index in [4.69, 9.17) is 9.84 Å². The van der Waals surface area contributed by atoms with Crippen LogP contribution in [0.2, 0.25) is 0 Å². The Kier molecular flexibility index (Phi) is 7.14. The predicted molar refractivity (Wildman–Crippen MR) is 106 cm³/mol. The molecule has 0 saturated carbocycles. The number of hydrogen-bond acceptors (Lipinski definition) is 5. The largest absolute Gasteiger partial charge is 0.481 e. The summed E-state index contributed by atoms with van der Waals surface area (Å²) in [6.45, 7) is 6.55. The number of amides is 2. The Morgan fingerprint density at radius 2 is 1.90 bits per heavy atom. The second-order valence-corrected chi connectivity index (χ2v) is 7.69. The molecule has 4 N–H and O–H groups in total. The van der Waals surface area contributed by atoms with Crippen molar-refractivity contribution >= 4 is 18.0 Å². The molecule has 10 heteroatoms. The third kappa shape index (κ3) is 6.57. The first-order valence-corrected chi connectivity index (χ1v) is 9.27. The highest BCUT2D eigenvalue weighted by atomic mass is 19.1. The molecule has 1 aromatic heterocycles. The average Bonchev–Trinajstić information content (AvgIpc) is 3.09. The molecule has 162 valence electrons. The quantitative estimate of drug-likeness (QED) is 0.544. The smallest absolute Gasteiger partial charge is 0.408 e. The molecule has 2 amide bonds. The number of carbonyl (C=O) groups excluding carboxylic acids is 2. The number of alkyl carbamates (subject to hydrolysis) is 1. The third-order valence-corrected chi connectivity index (χ3v) is 3.91. The molecular formula is C20H25FN4O5. The molecule has 2 aromatic rings. The zero-order valence-corrected chi connectivity index (χ0v) is 17.2. The highest BCUT2D eigenvalue weighted by molar-refractivity contribution is 5.89. The maximum atomic E-state index is 13.9. The monoisotopic (exact) mass is 420 g/mol. The molecule has 0 bridgehead atoms. The number of rotatable bonds is 7. The summed E-state index contributed by atoms with van der Waals surface area (Å²) >= 11 is 0. The molecule has 0 unspecified atom stereocenters. The molecule has 0 aliphatic rings. The molecule has 0 spiro atoms. The van der Waals surface area contributed by atoms with E-state index in [-0.39, 0.29) is 0 Å². The van der Waals surface area contributed by atoms with Gasteiger partial charge in [-0.1, -0.05) is 12.1 Å². The van der Waals surface area contributed by atoms with E-state index in [1.807, 2.05) is 0 Å². The summed E-state index contributed by atoms with van der Waals surface area (Å²) in [6.07, 6.45) is -0.100. The summed E-state index contributed by atoms with van der Waals surface area (Å²) in [5, 5.41) is 13.9. The maximum Gasteiger partial charge on any atom is 0.408 e. The lowest BCUT2D eigenvalue weighted by atomic mass is 10.1. The second-order valence-electron chi connectivity index (χ2n) is 7.69. The molecule has 0 saturated heterocycles. The Hall–Kier alpha value is -3.43. The standard InChI is InChI=1S/C20H25FN4O5/c1-11(17-22-10-15(24-17)12-7-5-6-8-13(12)21)23-18(28)14(9-16(26)27)25-19(29)30-20(2,3)4/h5-8,10-11,14H,9H2,1-4H3,(H,22,24)(H,23,28)(H,25,29)(H,26,27)/t11-,14-/m0/s1. The number of carboxylic acid groups (broad SMARTS) is 1. The van der Waals surface area contributed by atoms with E-state index < -0.39 is 47.9 Å². The minimum absolute atomic E-state index is 0.324. The number of halogens is 1. The number of aliphatic carboxylic acids is 1. The van der Waals surface area contributed by atoms with Crippen LogP contribution in [-0.4, -0.2) is 44.7 Å². The topological polar surface area (TPSA) is 133 Å². The molecule has 1 aromatic carbocycles. The van der Waals surface area contributed by atoms with Crippen molar-refractivity contribution in [2.24, 2.45) is 0 Å². The molecular weight excluding hydrogens is 395 g/mol. The van der Waals surface area contributed by atoms with Crippen molar-refractivity contribution < 1.29 is 28.6 Å². The first-order valence-electron chi connectivity index (χ1n) is 9.27. The van der Waals surface area contributed by atoms with Crippen LogP contribution in [0.3, 0.4) is 0 Å². The van der Waals surface area contributed by atoms with Crippen LogP contribution >= 0.6 is 0 Å². The van der Waals surface area contributed by atoms with Gasteiger partial charge < -0.3 is 25.5 Å². The number of nitrogens with zero attached hydrogens (tertiary/aromatic N) is 1. The average molecular weight is 420 g/mol. The van der Waals surface area contributed by atoms with Crippen LogP contribution < -0.4 is 10.6 Å². The van der Waals surface area contributed by atoms with Crippen molar-refractivity contribution in [2.75, 3.05) is 0 Å². The fraction of sp³-hybridized carbons (Fsp3) is 0.400.